The first kappa shape index (κ1) is 10.7. The second kappa shape index (κ2) is 4.22. The third-order valence-corrected chi connectivity index (χ3v) is 2.00. The van der Waals surface area contributed by atoms with E-state index in [0.717, 1.165) is 11.3 Å². The average molecular weight is 193 g/mol. The molecule has 0 radical (unpaired) electrons. The number of nitrogens with one attached hydrogen (secondary N) is 1. The van der Waals surface area contributed by atoms with Crippen LogP contribution in [0.25, 0.3) is 0 Å². The predicted molar refractivity (Wildman–Crippen MR) is 55.5 cm³/mol. The van der Waals surface area contributed by atoms with E-state index >= 15 is 0 Å². The van der Waals surface area contributed by atoms with E-state index in [0.29, 0.717) is 6.42 Å². The summed E-state index contributed by atoms with van der Waals surface area (Å²) in [6.45, 7) is 5.53. The van der Waals surface area contributed by atoms with E-state index in [1.807, 2.05) is 19.9 Å². The van der Waals surface area contributed by atoms with Crippen LogP contribution in [0.5, 0.6) is 0 Å². The van der Waals surface area contributed by atoms with Crippen LogP contribution in [0.1, 0.15) is 37.9 Å². The molecule has 0 spiro atoms. The fraction of sp³-hybridized carbons (Fsp3) is 0.455. The number of hydrogen-bond acceptors (Lipinski definition) is 2. The number of hydrogen-bond donors (Lipinski definition) is 1. The Balaban J connectivity index is 3.07. The van der Waals surface area contributed by atoms with Gasteiger partial charge in [0.15, 0.2) is 0 Å². The lowest BCUT2D eigenvalue weighted by Gasteiger charge is -2.06. The van der Waals surface area contributed by atoms with Crippen LogP contribution in [0.2, 0.25) is 0 Å². The van der Waals surface area contributed by atoms with Crippen molar-refractivity contribution < 1.29 is 4.79 Å². The highest BCUT2D eigenvalue weighted by Gasteiger charge is 2.04. The summed E-state index contributed by atoms with van der Waals surface area (Å²) < 4.78 is 0. The molecule has 1 N–H and O–H groups in total. The Bertz CT molecular complexity index is 391. The molecule has 0 unspecified atom stereocenters. The Hall–Kier alpha value is -1.38. The van der Waals surface area contributed by atoms with Gasteiger partial charge in [0.2, 0.25) is 5.56 Å². The molecule has 0 aliphatic rings. The fourth-order valence-electron chi connectivity index (χ4n) is 1.32. The molecule has 0 amide bonds. The van der Waals surface area contributed by atoms with E-state index in [4.69, 9.17) is 0 Å². The summed E-state index contributed by atoms with van der Waals surface area (Å²) in [5.74, 6) is 0.347. The number of ketones is 1. The van der Waals surface area contributed by atoms with Crippen molar-refractivity contribution in [3.8, 4) is 0 Å². The van der Waals surface area contributed by atoms with Gasteiger partial charge in [-0.05, 0) is 24.5 Å². The minimum Gasteiger partial charge on any atom is -0.326 e. The molecule has 0 aromatic carbocycles. The van der Waals surface area contributed by atoms with Gasteiger partial charge < -0.3 is 4.98 Å². The number of carbonyl (C=O) groups excluding carboxylic acids is 1. The zero-order valence-corrected chi connectivity index (χ0v) is 8.76. The van der Waals surface area contributed by atoms with Crippen LogP contribution in [0, 0.1) is 0 Å². The highest BCUT2D eigenvalue weighted by molar-refractivity contribution is 5.78. The summed E-state index contributed by atoms with van der Waals surface area (Å²) in [4.78, 5) is 24.9. The molecule has 1 aromatic rings. The topological polar surface area (TPSA) is 49.9 Å². The summed E-state index contributed by atoms with van der Waals surface area (Å²) in [6.07, 6.45) is 0.337. The van der Waals surface area contributed by atoms with Crippen molar-refractivity contribution >= 4 is 5.78 Å². The van der Waals surface area contributed by atoms with Gasteiger partial charge in [-0.1, -0.05) is 13.8 Å². The van der Waals surface area contributed by atoms with Gasteiger partial charge in [0.05, 0.1) is 0 Å². The highest BCUT2D eigenvalue weighted by atomic mass is 16.1. The van der Waals surface area contributed by atoms with Crippen LogP contribution < -0.4 is 5.56 Å². The van der Waals surface area contributed by atoms with Crippen molar-refractivity contribution in [3.05, 3.63) is 33.7 Å². The second-order valence-corrected chi connectivity index (χ2v) is 3.84. The van der Waals surface area contributed by atoms with Gasteiger partial charge in [-0.3, -0.25) is 9.59 Å². The van der Waals surface area contributed by atoms with Crippen LogP contribution in [0.3, 0.4) is 0 Å². The highest BCUT2D eigenvalue weighted by Crippen LogP contribution is 2.11. The lowest BCUT2D eigenvalue weighted by atomic mass is 10.0. The standard InChI is InChI=1S/C11H15NO2/c1-7(2)10-5-9(4-8(3)13)6-11(14)12-10/h5-7H,4H2,1-3H3,(H,12,14). The van der Waals surface area contributed by atoms with E-state index in [1.165, 1.54) is 13.0 Å². The zero-order chi connectivity index (χ0) is 10.7. The smallest absolute Gasteiger partial charge is 0.248 e. The molecule has 0 saturated carbocycles. The summed E-state index contributed by atoms with van der Waals surface area (Å²) in [6, 6.07) is 3.36. The summed E-state index contributed by atoms with van der Waals surface area (Å²) in [5.41, 5.74) is 1.55. The predicted octanol–water partition coefficient (Wildman–Crippen LogP) is 1.63. The lowest BCUT2D eigenvalue weighted by molar-refractivity contribution is -0.116. The normalized spacial score (nSPS) is 10.6. The van der Waals surface area contributed by atoms with E-state index in [-0.39, 0.29) is 17.3 Å². The fourth-order valence-corrected chi connectivity index (χ4v) is 1.32. The molecule has 14 heavy (non-hydrogen) atoms. The Labute approximate surface area is 83.2 Å². The number of H-pyrrole nitrogens is 1. The van der Waals surface area contributed by atoms with Crippen LogP contribution >= 0.6 is 0 Å². The van der Waals surface area contributed by atoms with Gasteiger partial charge in [-0.25, -0.2) is 0 Å². The van der Waals surface area contributed by atoms with E-state index < -0.39 is 0 Å². The molecule has 0 saturated heterocycles. The maximum Gasteiger partial charge on any atom is 0.248 e. The minimum absolute atomic E-state index is 0.0744. The minimum atomic E-state index is -0.132. The maximum atomic E-state index is 11.2. The maximum absolute atomic E-state index is 11.2. The number of rotatable bonds is 3. The van der Waals surface area contributed by atoms with Gasteiger partial charge >= 0.3 is 0 Å². The first-order valence-electron chi connectivity index (χ1n) is 4.71. The zero-order valence-electron chi connectivity index (χ0n) is 8.76. The Morgan fingerprint density at radius 1 is 1.43 bits per heavy atom. The van der Waals surface area contributed by atoms with E-state index in [1.54, 1.807) is 0 Å². The molecule has 0 bridgehead atoms. The van der Waals surface area contributed by atoms with Gasteiger partial charge in [0, 0.05) is 18.2 Å². The van der Waals surface area contributed by atoms with E-state index in [9.17, 15) is 9.59 Å². The SMILES string of the molecule is CC(=O)Cc1cc(C(C)C)[nH]c(=O)c1. The molecule has 0 fully saturated rings. The van der Waals surface area contributed by atoms with Gasteiger partial charge in [0.1, 0.15) is 5.78 Å². The summed E-state index contributed by atoms with van der Waals surface area (Å²) in [5, 5.41) is 0. The van der Waals surface area contributed by atoms with Crippen molar-refractivity contribution in [2.45, 2.75) is 33.1 Å². The molecule has 0 atom stereocenters. The third-order valence-electron chi connectivity index (χ3n) is 2.00. The van der Waals surface area contributed by atoms with Crippen LogP contribution in [-0.4, -0.2) is 10.8 Å². The monoisotopic (exact) mass is 193 g/mol. The van der Waals surface area contributed by atoms with Crippen molar-refractivity contribution in [2.75, 3.05) is 0 Å². The molecule has 76 valence electrons. The molecule has 0 aliphatic carbocycles. The largest absolute Gasteiger partial charge is 0.326 e. The number of Topliss-reactive ketones (excluding diaryl/α,β-unsaturated/α-hetero) is 1. The molecule has 0 aliphatic heterocycles. The second-order valence-electron chi connectivity index (χ2n) is 3.84. The summed E-state index contributed by atoms with van der Waals surface area (Å²) in [7, 11) is 0. The van der Waals surface area contributed by atoms with Gasteiger partial charge in [0.25, 0.3) is 0 Å². The number of aromatic amines is 1. The average Bonchev–Trinajstić information content (AvgIpc) is 2.01. The molecule has 1 rings (SSSR count). The third kappa shape index (κ3) is 2.83. The summed E-state index contributed by atoms with van der Waals surface area (Å²) >= 11 is 0. The number of pyridine rings is 1. The van der Waals surface area contributed by atoms with Gasteiger partial charge in [-0.15, -0.1) is 0 Å². The lowest BCUT2D eigenvalue weighted by Crippen LogP contribution is -2.11. The van der Waals surface area contributed by atoms with Crippen LogP contribution in [-0.2, 0) is 11.2 Å². The van der Waals surface area contributed by atoms with Crippen molar-refractivity contribution in [1.29, 1.82) is 0 Å². The van der Waals surface area contributed by atoms with Crippen molar-refractivity contribution in [1.82, 2.24) is 4.98 Å². The Morgan fingerprint density at radius 3 is 2.57 bits per heavy atom. The molecule has 3 nitrogen and oxygen atoms in total. The van der Waals surface area contributed by atoms with Crippen molar-refractivity contribution in [2.24, 2.45) is 0 Å². The molecule has 1 aromatic heterocycles. The molecule has 3 heteroatoms. The first-order valence-corrected chi connectivity index (χ1v) is 4.71. The van der Waals surface area contributed by atoms with Crippen LogP contribution in [0.15, 0.2) is 16.9 Å². The quantitative estimate of drug-likeness (QED) is 0.793. The Kier molecular flexibility index (Phi) is 3.23. The molecular formula is C11H15NO2. The molecular weight excluding hydrogens is 178 g/mol. The van der Waals surface area contributed by atoms with Gasteiger partial charge in [-0.2, -0.15) is 0 Å². The molecule has 1 heterocycles. The Morgan fingerprint density at radius 2 is 2.07 bits per heavy atom. The van der Waals surface area contributed by atoms with Crippen LogP contribution in [0.4, 0.5) is 0 Å². The number of aromatic nitrogens is 1. The number of carbonyl (C=O) groups is 1. The van der Waals surface area contributed by atoms with Crippen molar-refractivity contribution in [3.63, 3.8) is 0 Å². The first-order chi connectivity index (χ1) is 6.49. The van der Waals surface area contributed by atoms with E-state index in [2.05, 4.69) is 4.98 Å².